The zero-order valence-corrected chi connectivity index (χ0v) is 8.55. The molecule has 72 valence electrons. The standard InChI is InChI=1S/C12H19N/c1-11(9-10-13)7-8-12-5-3-2-4-6-12/h9,12H,2-8H2,1H3. The molecule has 0 unspecified atom stereocenters. The Morgan fingerprint density at radius 3 is 2.69 bits per heavy atom. The van der Waals surface area contributed by atoms with Crippen LogP contribution in [0.2, 0.25) is 0 Å². The van der Waals surface area contributed by atoms with Crippen LogP contribution in [0.4, 0.5) is 0 Å². The van der Waals surface area contributed by atoms with Crippen LogP contribution in [0.5, 0.6) is 0 Å². The minimum Gasteiger partial charge on any atom is -0.193 e. The second-order valence-corrected chi connectivity index (χ2v) is 4.16. The average Bonchev–Trinajstić information content (AvgIpc) is 2.17. The van der Waals surface area contributed by atoms with Crippen molar-refractivity contribution in [2.75, 3.05) is 0 Å². The van der Waals surface area contributed by atoms with Crippen LogP contribution in [0, 0.1) is 17.2 Å². The first-order chi connectivity index (χ1) is 6.33. The molecule has 1 saturated carbocycles. The van der Waals surface area contributed by atoms with Crippen molar-refractivity contribution in [3.8, 4) is 6.07 Å². The summed E-state index contributed by atoms with van der Waals surface area (Å²) >= 11 is 0. The molecule has 0 saturated heterocycles. The lowest BCUT2D eigenvalue weighted by molar-refractivity contribution is 0.339. The highest BCUT2D eigenvalue weighted by molar-refractivity contribution is 5.10. The molecule has 1 nitrogen and oxygen atoms in total. The SMILES string of the molecule is CC(=CC#N)CCC1CCCCC1. The average molecular weight is 177 g/mol. The number of hydrogen-bond acceptors (Lipinski definition) is 1. The lowest BCUT2D eigenvalue weighted by Gasteiger charge is -2.21. The topological polar surface area (TPSA) is 23.8 Å². The molecular weight excluding hydrogens is 158 g/mol. The van der Waals surface area contributed by atoms with E-state index in [2.05, 4.69) is 13.0 Å². The Morgan fingerprint density at radius 1 is 1.38 bits per heavy atom. The highest BCUT2D eigenvalue weighted by Gasteiger charge is 2.12. The van der Waals surface area contributed by atoms with Gasteiger partial charge in [0.15, 0.2) is 0 Å². The van der Waals surface area contributed by atoms with Gasteiger partial charge >= 0.3 is 0 Å². The highest BCUT2D eigenvalue weighted by Crippen LogP contribution is 2.28. The maximum atomic E-state index is 8.45. The smallest absolute Gasteiger partial charge is 0.0911 e. The summed E-state index contributed by atoms with van der Waals surface area (Å²) in [6, 6.07) is 2.09. The summed E-state index contributed by atoms with van der Waals surface area (Å²) < 4.78 is 0. The van der Waals surface area contributed by atoms with Crippen LogP contribution >= 0.6 is 0 Å². The third-order valence-electron chi connectivity index (χ3n) is 2.98. The monoisotopic (exact) mass is 177 g/mol. The van der Waals surface area contributed by atoms with E-state index < -0.39 is 0 Å². The molecule has 0 aromatic carbocycles. The number of hydrogen-bond donors (Lipinski definition) is 0. The molecule has 1 fully saturated rings. The van der Waals surface area contributed by atoms with Gasteiger partial charge in [-0.05, 0) is 25.7 Å². The van der Waals surface area contributed by atoms with Gasteiger partial charge in [0.2, 0.25) is 0 Å². The Hall–Kier alpha value is -0.770. The van der Waals surface area contributed by atoms with Crippen molar-refractivity contribution >= 4 is 0 Å². The van der Waals surface area contributed by atoms with Gasteiger partial charge in [-0.2, -0.15) is 5.26 Å². The Kier molecular flexibility index (Phi) is 4.60. The quantitative estimate of drug-likeness (QED) is 0.601. The van der Waals surface area contributed by atoms with Gasteiger partial charge in [-0.15, -0.1) is 0 Å². The molecule has 0 spiro atoms. The van der Waals surface area contributed by atoms with Gasteiger partial charge in [0.1, 0.15) is 0 Å². The largest absolute Gasteiger partial charge is 0.193 e. The molecule has 0 radical (unpaired) electrons. The maximum absolute atomic E-state index is 8.45. The summed E-state index contributed by atoms with van der Waals surface area (Å²) in [6.45, 7) is 2.06. The van der Waals surface area contributed by atoms with E-state index in [4.69, 9.17) is 5.26 Å². The summed E-state index contributed by atoms with van der Waals surface area (Å²) in [7, 11) is 0. The van der Waals surface area contributed by atoms with Crippen molar-refractivity contribution in [2.24, 2.45) is 5.92 Å². The molecule has 1 heteroatoms. The van der Waals surface area contributed by atoms with Crippen molar-refractivity contribution in [3.63, 3.8) is 0 Å². The van der Waals surface area contributed by atoms with Crippen LogP contribution in [0.3, 0.4) is 0 Å². The lowest BCUT2D eigenvalue weighted by Crippen LogP contribution is -2.05. The molecule has 0 aromatic rings. The zero-order chi connectivity index (χ0) is 9.52. The van der Waals surface area contributed by atoms with E-state index in [1.165, 1.54) is 44.1 Å². The van der Waals surface area contributed by atoms with Crippen LogP contribution in [0.1, 0.15) is 51.9 Å². The number of nitrogens with zero attached hydrogens (tertiary/aromatic N) is 1. The molecule has 0 amide bonds. The van der Waals surface area contributed by atoms with E-state index in [1.54, 1.807) is 6.08 Å². The van der Waals surface area contributed by atoms with E-state index in [9.17, 15) is 0 Å². The minimum absolute atomic E-state index is 0.941. The van der Waals surface area contributed by atoms with Crippen LogP contribution in [-0.4, -0.2) is 0 Å². The number of nitriles is 1. The third-order valence-corrected chi connectivity index (χ3v) is 2.98. The van der Waals surface area contributed by atoms with E-state index in [0.717, 1.165) is 12.3 Å². The summed E-state index contributed by atoms with van der Waals surface area (Å²) in [6.07, 6.45) is 11.2. The summed E-state index contributed by atoms with van der Waals surface area (Å²) in [5.41, 5.74) is 1.24. The molecule has 0 aliphatic heterocycles. The highest BCUT2D eigenvalue weighted by atomic mass is 14.2. The molecule has 0 atom stereocenters. The van der Waals surface area contributed by atoms with Crippen molar-refractivity contribution in [1.82, 2.24) is 0 Å². The molecular formula is C12H19N. The van der Waals surface area contributed by atoms with Crippen molar-refractivity contribution < 1.29 is 0 Å². The Bertz CT molecular complexity index is 204. The number of allylic oxidation sites excluding steroid dienone is 2. The predicted octanol–water partition coefficient (Wildman–Crippen LogP) is 3.82. The molecule has 1 aliphatic rings. The second kappa shape index (κ2) is 5.80. The van der Waals surface area contributed by atoms with Gasteiger partial charge in [0.05, 0.1) is 6.07 Å². The number of rotatable bonds is 3. The van der Waals surface area contributed by atoms with Gasteiger partial charge in [-0.25, -0.2) is 0 Å². The lowest BCUT2D eigenvalue weighted by atomic mass is 9.85. The first-order valence-corrected chi connectivity index (χ1v) is 5.38. The van der Waals surface area contributed by atoms with E-state index in [-0.39, 0.29) is 0 Å². The van der Waals surface area contributed by atoms with Crippen LogP contribution in [0.15, 0.2) is 11.6 Å². The zero-order valence-electron chi connectivity index (χ0n) is 8.55. The van der Waals surface area contributed by atoms with Gasteiger partial charge < -0.3 is 0 Å². The Labute approximate surface area is 81.5 Å². The maximum Gasteiger partial charge on any atom is 0.0911 e. The molecule has 13 heavy (non-hydrogen) atoms. The van der Waals surface area contributed by atoms with Crippen molar-refractivity contribution in [1.29, 1.82) is 5.26 Å². The first kappa shape index (κ1) is 10.3. The summed E-state index contributed by atoms with van der Waals surface area (Å²) in [4.78, 5) is 0. The van der Waals surface area contributed by atoms with E-state index >= 15 is 0 Å². The minimum atomic E-state index is 0.941. The molecule has 1 aliphatic carbocycles. The molecule has 0 heterocycles. The fourth-order valence-electron chi connectivity index (χ4n) is 2.09. The fraction of sp³-hybridized carbons (Fsp3) is 0.750. The van der Waals surface area contributed by atoms with Crippen molar-refractivity contribution in [3.05, 3.63) is 11.6 Å². The van der Waals surface area contributed by atoms with E-state index in [1.807, 2.05) is 0 Å². The third kappa shape index (κ3) is 4.12. The van der Waals surface area contributed by atoms with Crippen molar-refractivity contribution in [2.45, 2.75) is 51.9 Å². The van der Waals surface area contributed by atoms with Gasteiger partial charge in [0.25, 0.3) is 0 Å². The van der Waals surface area contributed by atoms with Gasteiger partial charge in [0, 0.05) is 6.08 Å². The molecule has 0 aromatic heterocycles. The fourth-order valence-corrected chi connectivity index (χ4v) is 2.09. The molecule has 0 N–H and O–H groups in total. The second-order valence-electron chi connectivity index (χ2n) is 4.16. The van der Waals surface area contributed by atoms with Gasteiger partial charge in [-0.1, -0.05) is 37.7 Å². The molecule has 0 bridgehead atoms. The summed E-state index contributed by atoms with van der Waals surface area (Å²) in [5, 5.41) is 8.45. The Balaban J connectivity index is 2.18. The summed E-state index contributed by atoms with van der Waals surface area (Å²) in [5.74, 6) is 0.941. The van der Waals surface area contributed by atoms with Gasteiger partial charge in [-0.3, -0.25) is 0 Å². The van der Waals surface area contributed by atoms with Crippen LogP contribution in [-0.2, 0) is 0 Å². The van der Waals surface area contributed by atoms with Crippen LogP contribution in [0.25, 0.3) is 0 Å². The van der Waals surface area contributed by atoms with E-state index in [0.29, 0.717) is 0 Å². The molecule has 1 rings (SSSR count). The predicted molar refractivity (Wildman–Crippen MR) is 55.2 cm³/mol. The van der Waals surface area contributed by atoms with Crippen LogP contribution < -0.4 is 0 Å². The normalized spacial score (nSPS) is 19.8. The Morgan fingerprint density at radius 2 is 2.08 bits per heavy atom. The first-order valence-electron chi connectivity index (χ1n) is 5.38.